The molecule has 1 saturated heterocycles. The minimum Gasteiger partial charge on any atom is -0.384 e. The van der Waals surface area contributed by atoms with Gasteiger partial charge in [-0.1, -0.05) is 27.2 Å². The third kappa shape index (κ3) is 3.44. The predicted molar refractivity (Wildman–Crippen MR) is 59.7 cm³/mol. The van der Waals surface area contributed by atoms with Crippen LogP contribution in [0.25, 0.3) is 0 Å². The minimum absolute atomic E-state index is 0.0353. The predicted octanol–water partition coefficient (Wildman–Crippen LogP) is 2.45. The van der Waals surface area contributed by atoms with Crippen LogP contribution in [-0.2, 0) is 14.2 Å². The highest BCUT2D eigenvalue weighted by molar-refractivity contribution is 4.81. The third-order valence-electron chi connectivity index (χ3n) is 2.88. The maximum Gasteiger partial charge on any atom is 0.159 e. The smallest absolute Gasteiger partial charge is 0.159 e. The van der Waals surface area contributed by atoms with Gasteiger partial charge in [-0.15, -0.1) is 0 Å². The van der Waals surface area contributed by atoms with E-state index in [1.807, 2.05) is 0 Å². The molecule has 3 nitrogen and oxygen atoms in total. The molecule has 0 aromatic rings. The zero-order chi connectivity index (χ0) is 11.3. The Kier molecular flexibility index (Phi) is 5.03. The normalized spacial score (nSPS) is 32.2. The van der Waals surface area contributed by atoms with E-state index in [1.165, 1.54) is 0 Å². The van der Waals surface area contributed by atoms with Gasteiger partial charge in [0, 0.05) is 18.4 Å². The van der Waals surface area contributed by atoms with Crippen LogP contribution in [0.1, 0.15) is 33.6 Å². The molecule has 0 bridgehead atoms. The summed E-state index contributed by atoms with van der Waals surface area (Å²) < 4.78 is 16.8. The summed E-state index contributed by atoms with van der Waals surface area (Å²) in [5.74, 6) is 0.423. The first kappa shape index (κ1) is 12.9. The Morgan fingerprint density at radius 3 is 2.33 bits per heavy atom. The summed E-state index contributed by atoms with van der Waals surface area (Å²) >= 11 is 0. The van der Waals surface area contributed by atoms with Crippen molar-refractivity contribution in [3.05, 3.63) is 0 Å². The Labute approximate surface area is 93.1 Å². The first-order valence-corrected chi connectivity index (χ1v) is 5.86. The Hall–Kier alpha value is -0.120. The summed E-state index contributed by atoms with van der Waals surface area (Å²) in [7, 11) is 1.74. The highest BCUT2D eigenvalue weighted by Gasteiger charge is 2.37. The largest absolute Gasteiger partial charge is 0.384 e. The first-order chi connectivity index (χ1) is 7.13. The molecule has 1 fully saturated rings. The number of hydrogen-bond donors (Lipinski definition) is 0. The molecule has 15 heavy (non-hydrogen) atoms. The third-order valence-corrected chi connectivity index (χ3v) is 2.88. The maximum absolute atomic E-state index is 5.76. The highest BCUT2D eigenvalue weighted by Crippen LogP contribution is 2.31. The molecule has 0 spiro atoms. The topological polar surface area (TPSA) is 27.7 Å². The van der Waals surface area contributed by atoms with Crippen LogP contribution < -0.4 is 0 Å². The molecule has 1 heterocycles. The summed E-state index contributed by atoms with van der Waals surface area (Å²) in [5, 5.41) is 0. The van der Waals surface area contributed by atoms with Crippen molar-refractivity contribution in [2.45, 2.75) is 39.9 Å². The lowest BCUT2D eigenvalue weighted by molar-refractivity contribution is -0.254. The van der Waals surface area contributed by atoms with Crippen LogP contribution in [0.3, 0.4) is 0 Å². The van der Waals surface area contributed by atoms with Crippen molar-refractivity contribution in [2.24, 2.45) is 11.3 Å². The fraction of sp³-hybridized carbons (Fsp3) is 1.00. The minimum atomic E-state index is -0.0353. The van der Waals surface area contributed by atoms with Gasteiger partial charge in [0.1, 0.15) is 0 Å². The van der Waals surface area contributed by atoms with Gasteiger partial charge in [-0.2, -0.15) is 0 Å². The van der Waals surface area contributed by atoms with E-state index < -0.39 is 0 Å². The maximum atomic E-state index is 5.76. The Bertz CT molecular complexity index is 164. The van der Waals surface area contributed by atoms with Crippen LogP contribution in [0.5, 0.6) is 0 Å². The lowest BCUT2D eigenvalue weighted by Gasteiger charge is -2.40. The van der Waals surface area contributed by atoms with Crippen LogP contribution in [0.2, 0.25) is 0 Å². The van der Waals surface area contributed by atoms with E-state index in [2.05, 4.69) is 20.8 Å². The molecule has 3 heteroatoms. The quantitative estimate of drug-likeness (QED) is 0.706. The van der Waals surface area contributed by atoms with Crippen LogP contribution in [0, 0.1) is 11.3 Å². The fourth-order valence-corrected chi connectivity index (χ4v) is 2.13. The van der Waals surface area contributed by atoms with Gasteiger partial charge in [0.05, 0.1) is 19.8 Å². The zero-order valence-electron chi connectivity index (χ0n) is 10.4. The van der Waals surface area contributed by atoms with Gasteiger partial charge in [-0.25, -0.2) is 0 Å². The molecular weight excluding hydrogens is 192 g/mol. The van der Waals surface area contributed by atoms with E-state index in [4.69, 9.17) is 14.2 Å². The van der Waals surface area contributed by atoms with Gasteiger partial charge in [-0.3, -0.25) is 0 Å². The van der Waals surface area contributed by atoms with Gasteiger partial charge in [0.25, 0.3) is 0 Å². The molecule has 0 atom stereocenters. The molecule has 0 unspecified atom stereocenters. The van der Waals surface area contributed by atoms with E-state index in [0.717, 1.165) is 32.7 Å². The second kappa shape index (κ2) is 5.83. The van der Waals surface area contributed by atoms with Crippen LogP contribution in [-0.4, -0.2) is 33.2 Å². The van der Waals surface area contributed by atoms with E-state index in [-0.39, 0.29) is 11.7 Å². The molecule has 0 aromatic heterocycles. The molecule has 0 aromatic carbocycles. The number of hydrogen-bond acceptors (Lipinski definition) is 3. The number of methoxy groups -OCH3 is 1. The summed E-state index contributed by atoms with van der Waals surface area (Å²) in [4.78, 5) is 0. The standard InChI is InChI=1S/C12H24O3/c1-5-6-12(7-13-4)8-14-11(10(2)3)15-9-12/h10-11H,5-9H2,1-4H3. The molecule has 1 aliphatic rings. The van der Waals surface area contributed by atoms with E-state index in [0.29, 0.717) is 5.92 Å². The lowest BCUT2D eigenvalue weighted by Crippen LogP contribution is -2.46. The second-order valence-corrected chi connectivity index (χ2v) is 4.92. The van der Waals surface area contributed by atoms with Crippen LogP contribution in [0.15, 0.2) is 0 Å². The molecule has 0 aliphatic carbocycles. The Morgan fingerprint density at radius 2 is 1.93 bits per heavy atom. The summed E-state index contributed by atoms with van der Waals surface area (Å²) in [6, 6.07) is 0. The SMILES string of the molecule is CCCC1(COC)COC(C(C)C)OC1. The Balaban J connectivity index is 2.49. The van der Waals surface area contributed by atoms with Crippen molar-refractivity contribution in [1.82, 2.24) is 0 Å². The summed E-state index contributed by atoms with van der Waals surface area (Å²) in [6.07, 6.45) is 2.21. The van der Waals surface area contributed by atoms with Crippen molar-refractivity contribution >= 4 is 0 Å². The summed E-state index contributed by atoms with van der Waals surface area (Å²) in [6.45, 7) is 8.67. The molecule has 90 valence electrons. The van der Waals surface area contributed by atoms with Gasteiger partial charge < -0.3 is 14.2 Å². The lowest BCUT2D eigenvalue weighted by atomic mass is 9.85. The molecule has 1 rings (SSSR count). The fourth-order valence-electron chi connectivity index (χ4n) is 2.13. The number of rotatable bonds is 5. The van der Waals surface area contributed by atoms with Crippen LogP contribution >= 0.6 is 0 Å². The van der Waals surface area contributed by atoms with E-state index >= 15 is 0 Å². The Morgan fingerprint density at radius 1 is 1.33 bits per heavy atom. The van der Waals surface area contributed by atoms with Crippen molar-refractivity contribution in [3.63, 3.8) is 0 Å². The van der Waals surface area contributed by atoms with Crippen molar-refractivity contribution < 1.29 is 14.2 Å². The molecular formula is C12H24O3. The molecule has 0 radical (unpaired) electrons. The molecule has 0 amide bonds. The monoisotopic (exact) mass is 216 g/mol. The van der Waals surface area contributed by atoms with E-state index in [1.54, 1.807) is 7.11 Å². The van der Waals surface area contributed by atoms with Gasteiger partial charge >= 0.3 is 0 Å². The van der Waals surface area contributed by atoms with Gasteiger partial charge in [-0.05, 0) is 6.42 Å². The van der Waals surface area contributed by atoms with Crippen molar-refractivity contribution in [3.8, 4) is 0 Å². The zero-order valence-corrected chi connectivity index (χ0v) is 10.4. The molecule has 0 saturated carbocycles. The van der Waals surface area contributed by atoms with Crippen molar-refractivity contribution in [1.29, 1.82) is 0 Å². The summed E-state index contributed by atoms with van der Waals surface area (Å²) in [5.41, 5.74) is 0.0783. The average molecular weight is 216 g/mol. The highest BCUT2D eigenvalue weighted by atomic mass is 16.7. The number of ether oxygens (including phenoxy) is 3. The van der Waals surface area contributed by atoms with E-state index in [9.17, 15) is 0 Å². The molecule has 1 aliphatic heterocycles. The van der Waals surface area contributed by atoms with Crippen LogP contribution in [0.4, 0.5) is 0 Å². The first-order valence-electron chi connectivity index (χ1n) is 5.86. The van der Waals surface area contributed by atoms with Gasteiger partial charge in [0.15, 0.2) is 6.29 Å². The average Bonchev–Trinajstić information content (AvgIpc) is 2.19. The van der Waals surface area contributed by atoms with Crippen molar-refractivity contribution in [2.75, 3.05) is 26.9 Å². The van der Waals surface area contributed by atoms with Gasteiger partial charge in [0.2, 0.25) is 0 Å². The second-order valence-electron chi connectivity index (χ2n) is 4.92. The molecule has 0 N–H and O–H groups in total.